The highest BCUT2D eigenvalue weighted by Gasteiger charge is 2.70. The molecule has 4 fully saturated rings. The summed E-state index contributed by atoms with van der Waals surface area (Å²) in [6.45, 7) is 5.68. The number of carbonyl (C=O) groups excluding carboxylic acids is 1. The Morgan fingerprint density at radius 2 is 2.06 bits per heavy atom. The van der Waals surface area contributed by atoms with Crippen molar-refractivity contribution in [1.29, 1.82) is 0 Å². The molecule has 2 saturated carbocycles. The van der Waals surface area contributed by atoms with Gasteiger partial charge in [0.15, 0.2) is 0 Å². The van der Waals surface area contributed by atoms with Crippen LogP contribution in [0.5, 0.6) is 0 Å². The van der Waals surface area contributed by atoms with Gasteiger partial charge in [-0.05, 0) is 49.9 Å². The Morgan fingerprint density at radius 1 is 1.24 bits per heavy atom. The van der Waals surface area contributed by atoms with Crippen LogP contribution in [-0.4, -0.2) is 22.9 Å². The van der Waals surface area contributed by atoms with E-state index in [4.69, 9.17) is 0 Å². The van der Waals surface area contributed by atoms with Crippen LogP contribution in [0.25, 0.3) is 0 Å². The number of amides is 1. The summed E-state index contributed by atoms with van der Waals surface area (Å²) in [4.78, 5) is 14.8. The van der Waals surface area contributed by atoms with Crippen LogP contribution in [0.2, 0.25) is 0 Å². The van der Waals surface area contributed by atoms with Crippen molar-refractivity contribution in [3.05, 3.63) is 0 Å². The van der Waals surface area contributed by atoms with E-state index in [1.807, 2.05) is 0 Å². The fourth-order valence-electron chi connectivity index (χ4n) is 6.14. The number of nitrogens with zero attached hydrogens (tertiary/aromatic N) is 1. The smallest absolute Gasteiger partial charge is 0.226 e. The van der Waals surface area contributed by atoms with Gasteiger partial charge < -0.3 is 4.90 Å². The number of carbonyl (C=O) groups is 1. The Balaban J connectivity index is 1.86. The molecule has 0 N–H and O–H groups in total. The molecule has 17 heavy (non-hydrogen) atoms. The van der Waals surface area contributed by atoms with Crippen LogP contribution in [0, 0.1) is 23.2 Å². The summed E-state index contributed by atoms with van der Waals surface area (Å²) in [6.07, 6.45) is 8.25. The summed E-state index contributed by atoms with van der Waals surface area (Å²) < 4.78 is 0. The van der Waals surface area contributed by atoms with E-state index >= 15 is 0 Å². The number of rotatable bonds is 0. The van der Waals surface area contributed by atoms with Crippen molar-refractivity contribution in [3.8, 4) is 0 Å². The molecule has 4 rings (SSSR count). The molecule has 0 aromatic rings. The quantitative estimate of drug-likeness (QED) is 0.630. The lowest BCUT2D eigenvalue weighted by Gasteiger charge is -2.51. The van der Waals surface area contributed by atoms with Crippen molar-refractivity contribution < 1.29 is 4.79 Å². The normalized spacial score (nSPS) is 56.2. The molecule has 2 saturated heterocycles. The van der Waals surface area contributed by atoms with Gasteiger partial charge in [-0.1, -0.05) is 19.8 Å². The van der Waals surface area contributed by atoms with Gasteiger partial charge in [0.1, 0.15) is 0 Å². The topological polar surface area (TPSA) is 20.3 Å². The van der Waals surface area contributed by atoms with Crippen LogP contribution in [0.15, 0.2) is 0 Å². The van der Waals surface area contributed by atoms with Gasteiger partial charge in [-0.2, -0.15) is 0 Å². The summed E-state index contributed by atoms with van der Waals surface area (Å²) in [5, 5.41) is 0. The van der Waals surface area contributed by atoms with Crippen molar-refractivity contribution in [2.24, 2.45) is 23.2 Å². The van der Waals surface area contributed by atoms with Crippen LogP contribution in [0.3, 0.4) is 0 Å². The second-order valence-electron chi connectivity index (χ2n) is 7.24. The molecule has 5 atom stereocenters. The van der Waals surface area contributed by atoms with Crippen molar-refractivity contribution in [3.63, 3.8) is 0 Å². The molecule has 0 unspecified atom stereocenters. The molecule has 0 radical (unpaired) electrons. The lowest BCUT2D eigenvalue weighted by molar-refractivity contribution is -0.132. The molecule has 2 heteroatoms. The molecule has 2 nitrogen and oxygen atoms in total. The number of hydrogen-bond donors (Lipinski definition) is 0. The van der Waals surface area contributed by atoms with Gasteiger partial charge in [0, 0.05) is 18.0 Å². The van der Waals surface area contributed by atoms with Crippen LogP contribution in [-0.2, 0) is 4.79 Å². The fraction of sp³-hybridized carbons (Fsp3) is 0.933. The second kappa shape index (κ2) is 2.89. The average molecular weight is 233 g/mol. The van der Waals surface area contributed by atoms with E-state index in [-0.39, 0.29) is 5.54 Å². The van der Waals surface area contributed by atoms with Crippen LogP contribution >= 0.6 is 0 Å². The third-order valence-electron chi connectivity index (χ3n) is 6.88. The zero-order valence-electron chi connectivity index (χ0n) is 11.0. The van der Waals surface area contributed by atoms with E-state index in [1.165, 1.54) is 38.5 Å². The fourth-order valence-corrected chi connectivity index (χ4v) is 6.14. The van der Waals surface area contributed by atoms with Crippen molar-refractivity contribution >= 4 is 5.91 Å². The van der Waals surface area contributed by atoms with Gasteiger partial charge in [0.25, 0.3) is 0 Å². The van der Waals surface area contributed by atoms with E-state index in [0.29, 0.717) is 23.2 Å². The first-order valence-electron chi connectivity index (χ1n) is 7.41. The Bertz CT molecular complexity index is 392. The summed E-state index contributed by atoms with van der Waals surface area (Å²) in [5.74, 6) is 2.22. The third kappa shape index (κ3) is 0.946. The predicted molar refractivity (Wildman–Crippen MR) is 66.4 cm³/mol. The molecule has 2 aliphatic carbocycles. The Kier molecular flexibility index (Phi) is 1.77. The number of hydrogen-bond acceptors (Lipinski definition) is 1. The lowest BCUT2D eigenvalue weighted by Crippen LogP contribution is -2.51. The van der Waals surface area contributed by atoms with E-state index in [1.54, 1.807) is 0 Å². The van der Waals surface area contributed by atoms with E-state index in [2.05, 4.69) is 18.7 Å². The van der Waals surface area contributed by atoms with Gasteiger partial charge in [0.2, 0.25) is 5.91 Å². The summed E-state index contributed by atoms with van der Waals surface area (Å²) in [5.41, 5.74) is 0.758. The zero-order chi connectivity index (χ0) is 11.8. The Hall–Kier alpha value is -0.530. The van der Waals surface area contributed by atoms with Gasteiger partial charge >= 0.3 is 0 Å². The van der Waals surface area contributed by atoms with Crippen LogP contribution in [0.1, 0.15) is 52.4 Å². The minimum absolute atomic E-state index is 0.231. The standard InChI is InChI=1S/C15H23NO/c1-10-11-6-8-15-7-4-3-5-12(15)14(11,2)16(9-15)13(10)17/h10-12H,3-9H2,1-2H3/t10-,11-,12-,14+,15+/m1/s1. The maximum atomic E-state index is 12.4. The molecule has 2 aliphatic heterocycles. The maximum absolute atomic E-state index is 12.4. The SMILES string of the molecule is C[C@H]1C(=O)N2C[C@@]34CCCC[C@@H]3[C@]2(C)[C@@H]1CC4. The summed E-state index contributed by atoms with van der Waals surface area (Å²) >= 11 is 0. The van der Waals surface area contributed by atoms with E-state index < -0.39 is 0 Å². The molecule has 0 aromatic carbocycles. The highest BCUT2D eigenvalue weighted by Crippen LogP contribution is 2.67. The molecular formula is C15H23NO. The highest BCUT2D eigenvalue weighted by atomic mass is 16.2. The monoisotopic (exact) mass is 233 g/mol. The van der Waals surface area contributed by atoms with Gasteiger partial charge in [-0.3, -0.25) is 4.79 Å². The molecule has 1 amide bonds. The van der Waals surface area contributed by atoms with Crippen LogP contribution < -0.4 is 0 Å². The van der Waals surface area contributed by atoms with E-state index in [9.17, 15) is 4.79 Å². The Labute approximate surface area is 104 Å². The average Bonchev–Trinajstić information content (AvgIpc) is 2.63. The molecular weight excluding hydrogens is 210 g/mol. The first-order valence-corrected chi connectivity index (χ1v) is 7.41. The predicted octanol–water partition coefficient (Wildman–Crippen LogP) is 2.82. The van der Waals surface area contributed by atoms with Gasteiger partial charge in [-0.25, -0.2) is 0 Å². The maximum Gasteiger partial charge on any atom is 0.226 e. The minimum atomic E-state index is 0.231. The van der Waals surface area contributed by atoms with Crippen molar-refractivity contribution in [2.45, 2.75) is 57.9 Å². The summed E-state index contributed by atoms with van der Waals surface area (Å²) in [7, 11) is 0. The van der Waals surface area contributed by atoms with Crippen molar-refractivity contribution in [1.82, 2.24) is 4.90 Å². The molecule has 94 valence electrons. The van der Waals surface area contributed by atoms with E-state index in [0.717, 1.165) is 12.5 Å². The molecule has 0 spiro atoms. The minimum Gasteiger partial charge on any atom is -0.336 e. The first-order chi connectivity index (χ1) is 8.09. The molecule has 2 heterocycles. The Morgan fingerprint density at radius 3 is 2.88 bits per heavy atom. The second-order valence-corrected chi connectivity index (χ2v) is 7.24. The molecule has 2 bridgehead atoms. The largest absolute Gasteiger partial charge is 0.336 e. The van der Waals surface area contributed by atoms with Gasteiger partial charge in [0.05, 0.1) is 0 Å². The molecule has 0 aromatic heterocycles. The van der Waals surface area contributed by atoms with Crippen molar-refractivity contribution in [2.75, 3.05) is 6.54 Å². The molecule has 4 aliphatic rings. The third-order valence-corrected chi connectivity index (χ3v) is 6.88. The lowest BCUT2D eigenvalue weighted by atomic mass is 9.53. The zero-order valence-corrected chi connectivity index (χ0v) is 11.0. The van der Waals surface area contributed by atoms with Crippen LogP contribution in [0.4, 0.5) is 0 Å². The highest BCUT2D eigenvalue weighted by molar-refractivity contribution is 5.83. The van der Waals surface area contributed by atoms with Gasteiger partial charge in [-0.15, -0.1) is 0 Å². The summed E-state index contributed by atoms with van der Waals surface area (Å²) in [6, 6.07) is 0. The first kappa shape index (κ1) is 10.4.